The standard InChI is InChI=1S/C17H22N4O2/c1-21-11-13(16(20-21)12-6-4-3-5-7-12)8-9-15-18-10-14(23-2)17(22)19-15/h8-12H,3-7H2,1-2H3,(H,18,19,22). The monoisotopic (exact) mass is 314 g/mol. The van der Waals surface area contributed by atoms with Gasteiger partial charge in [-0.2, -0.15) is 5.10 Å². The van der Waals surface area contributed by atoms with E-state index in [9.17, 15) is 4.79 Å². The molecule has 122 valence electrons. The molecule has 1 aliphatic carbocycles. The molecule has 3 rings (SSSR count). The number of aromatic amines is 1. The zero-order valence-electron chi connectivity index (χ0n) is 13.6. The van der Waals surface area contributed by atoms with E-state index in [4.69, 9.17) is 4.74 Å². The summed E-state index contributed by atoms with van der Waals surface area (Å²) in [6.45, 7) is 0. The molecule has 0 amide bonds. The highest BCUT2D eigenvalue weighted by molar-refractivity contribution is 5.67. The molecule has 0 saturated heterocycles. The molecule has 0 aliphatic heterocycles. The Morgan fingerprint density at radius 3 is 2.78 bits per heavy atom. The van der Waals surface area contributed by atoms with Crippen LogP contribution >= 0.6 is 0 Å². The van der Waals surface area contributed by atoms with Gasteiger partial charge in [-0.25, -0.2) is 4.98 Å². The molecule has 0 radical (unpaired) electrons. The number of aryl methyl sites for hydroxylation is 1. The Morgan fingerprint density at radius 1 is 1.30 bits per heavy atom. The molecule has 6 heteroatoms. The largest absolute Gasteiger partial charge is 0.490 e. The van der Waals surface area contributed by atoms with E-state index in [0.717, 1.165) is 11.3 Å². The van der Waals surface area contributed by atoms with Crippen LogP contribution in [0.1, 0.15) is 55.1 Å². The van der Waals surface area contributed by atoms with Crippen LogP contribution in [0, 0.1) is 0 Å². The fourth-order valence-corrected chi connectivity index (χ4v) is 3.14. The molecule has 23 heavy (non-hydrogen) atoms. The topological polar surface area (TPSA) is 72.8 Å². The number of aromatic nitrogens is 4. The minimum Gasteiger partial charge on any atom is -0.490 e. The summed E-state index contributed by atoms with van der Waals surface area (Å²) < 4.78 is 6.78. The summed E-state index contributed by atoms with van der Waals surface area (Å²) >= 11 is 0. The Balaban J connectivity index is 1.84. The van der Waals surface area contributed by atoms with Crippen molar-refractivity contribution in [3.8, 4) is 5.75 Å². The quantitative estimate of drug-likeness (QED) is 0.942. The van der Waals surface area contributed by atoms with Crippen LogP contribution in [0.5, 0.6) is 5.75 Å². The molecule has 1 N–H and O–H groups in total. The average Bonchev–Trinajstić information content (AvgIpc) is 2.95. The van der Waals surface area contributed by atoms with Crippen LogP contribution < -0.4 is 10.3 Å². The van der Waals surface area contributed by atoms with Gasteiger partial charge in [0.1, 0.15) is 5.82 Å². The van der Waals surface area contributed by atoms with E-state index in [2.05, 4.69) is 15.1 Å². The number of H-pyrrole nitrogens is 1. The number of hydrogen-bond acceptors (Lipinski definition) is 4. The smallest absolute Gasteiger partial charge is 0.293 e. The lowest BCUT2D eigenvalue weighted by Crippen LogP contribution is -2.11. The molecule has 0 bridgehead atoms. The summed E-state index contributed by atoms with van der Waals surface area (Å²) in [5, 5.41) is 4.64. The zero-order chi connectivity index (χ0) is 16.2. The molecule has 1 fully saturated rings. The number of nitrogens with one attached hydrogen (secondary N) is 1. The number of rotatable bonds is 4. The van der Waals surface area contributed by atoms with Crippen molar-refractivity contribution < 1.29 is 4.74 Å². The molecule has 1 saturated carbocycles. The highest BCUT2D eigenvalue weighted by Crippen LogP contribution is 2.33. The zero-order valence-corrected chi connectivity index (χ0v) is 13.6. The molecular weight excluding hydrogens is 292 g/mol. The summed E-state index contributed by atoms with van der Waals surface area (Å²) in [5.41, 5.74) is 1.97. The van der Waals surface area contributed by atoms with Crippen LogP contribution in [0.15, 0.2) is 17.2 Å². The number of methoxy groups -OCH3 is 1. The van der Waals surface area contributed by atoms with Gasteiger partial charge in [0.2, 0.25) is 5.75 Å². The number of nitrogens with zero attached hydrogens (tertiary/aromatic N) is 3. The van der Waals surface area contributed by atoms with Gasteiger partial charge in [-0.3, -0.25) is 9.48 Å². The Bertz CT molecular complexity index is 754. The van der Waals surface area contributed by atoms with Crippen molar-refractivity contribution in [2.24, 2.45) is 7.05 Å². The van der Waals surface area contributed by atoms with Crippen LogP contribution in [0.25, 0.3) is 12.2 Å². The van der Waals surface area contributed by atoms with E-state index in [1.807, 2.05) is 30.1 Å². The van der Waals surface area contributed by atoms with Crippen molar-refractivity contribution in [1.82, 2.24) is 19.7 Å². The molecule has 0 atom stereocenters. The Morgan fingerprint density at radius 2 is 2.09 bits per heavy atom. The second-order valence-electron chi connectivity index (χ2n) is 5.98. The third-order valence-electron chi connectivity index (χ3n) is 4.31. The predicted molar refractivity (Wildman–Crippen MR) is 89.4 cm³/mol. The van der Waals surface area contributed by atoms with Crippen LogP contribution in [0.3, 0.4) is 0 Å². The van der Waals surface area contributed by atoms with E-state index in [0.29, 0.717) is 11.7 Å². The maximum absolute atomic E-state index is 11.7. The molecule has 0 spiro atoms. The van der Waals surface area contributed by atoms with Crippen molar-refractivity contribution in [3.63, 3.8) is 0 Å². The molecule has 1 aliphatic rings. The van der Waals surface area contributed by atoms with E-state index in [-0.39, 0.29) is 11.3 Å². The van der Waals surface area contributed by atoms with Crippen LogP contribution in [-0.4, -0.2) is 26.9 Å². The van der Waals surface area contributed by atoms with Crippen molar-refractivity contribution in [2.45, 2.75) is 38.0 Å². The lowest BCUT2D eigenvalue weighted by Gasteiger charge is -2.20. The highest BCUT2D eigenvalue weighted by atomic mass is 16.5. The SMILES string of the molecule is COc1cnc(C=Cc2cn(C)nc2C2CCCCC2)[nH]c1=O. The van der Waals surface area contributed by atoms with Gasteiger partial charge in [-0.15, -0.1) is 0 Å². The fraction of sp³-hybridized carbons (Fsp3) is 0.471. The molecule has 0 unspecified atom stereocenters. The first-order valence-electron chi connectivity index (χ1n) is 8.02. The summed E-state index contributed by atoms with van der Waals surface area (Å²) in [7, 11) is 3.39. The van der Waals surface area contributed by atoms with Crippen LogP contribution in [0.2, 0.25) is 0 Å². The summed E-state index contributed by atoms with van der Waals surface area (Å²) in [6.07, 6.45) is 13.5. The minimum absolute atomic E-state index is 0.214. The van der Waals surface area contributed by atoms with Crippen LogP contribution in [0.4, 0.5) is 0 Å². The van der Waals surface area contributed by atoms with E-state index in [1.165, 1.54) is 45.4 Å². The third-order valence-corrected chi connectivity index (χ3v) is 4.31. The van der Waals surface area contributed by atoms with E-state index in [1.54, 1.807) is 0 Å². The first kappa shape index (κ1) is 15.5. The number of ether oxygens (including phenoxy) is 1. The molecular formula is C17H22N4O2. The normalized spacial score (nSPS) is 16.1. The van der Waals surface area contributed by atoms with Gasteiger partial charge in [0.15, 0.2) is 0 Å². The molecule has 0 aromatic carbocycles. The van der Waals surface area contributed by atoms with Gasteiger partial charge in [-0.05, 0) is 25.0 Å². The molecule has 2 heterocycles. The maximum atomic E-state index is 11.7. The first-order chi connectivity index (χ1) is 11.2. The van der Waals surface area contributed by atoms with E-state index >= 15 is 0 Å². The van der Waals surface area contributed by atoms with Gasteiger partial charge < -0.3 is 9.72 Å². The van der Waals surface area contributed by atoms with Crippen molar-refractivity contribution in [1.29, 1.82) is 0 Å². The maximum Gasteiger partial charge on any atom is 0.293 e. The summed E-state index contributed by atoms with van der Waals surface area (Å²) in [4.78, 5) is 18.6. The Labute approximate surface area is 135 Å². The van der Waals surface area contributed by atoms with Gasteiger partial charge in [0.05, 0.1) is 19.0 Å². The van der Waals surface area contributed by atoms with Gasteiger partial charge in [-0.1, -0.05) is 19.3 Å². The predicted octanol–water partition coefficient (Wildman–Crippen LogP) is 2.73. The van der Waals surface area contributed by atoms with Crippen molar-refractivity contribution in [3.05, 3.63) is 39.8 Å². The van der Waals surface area contributed by atoms with E-state index < -0.39 is 0 Å². The van der Waals surface area contributed by atoms with Gasteiger partial charge >= 0.3 is 0 Å². The van der Waals surface area contributed by atoms with Crippen LogP contribution in [-0.2, 0) is 7.05 Å². The van der Waals surface area contributed by atoms with Gasteiger partial charge in [0, 0.05) is 24.7 Å². The fourth-order valence-electron chi connectivity index (χ4n) is 3.14. The van der Waals surface area contributed by atoms with Gasteiger partial charge in [0.25, 0.3) is 5.56 Å². The second kappa shape index (κ2) is 6.81. The number of hydrogen-bond donors (Lipinski definition) is 1. The summed E-state index contributed by atoms with van der Waals surface area (Å²) in [6, 6.07) is 0. The molecule has 2 aromatic rings. The average molecular weight is 314 g/mol. The molecule has 6 nitrogen and oxygen atoms in total. The highest BCUT2D eigenvalue weighted by Gasteiger charge is 2.20. The van der Waals surface area contributed by atoms with Crippen molar-refractivity contribution >= 4 is 12.2 Å². The minimum atomic E-state index is -0.277. The summed E-state index contributed by atoms with van der Waals surface area (Å²) in [5.74, 6) is 1.26. The van der Waals surface area contributed by atoms with Crippen molar-refractivity contribution in [2.75, 3.05) is 7.11 Å². The first-order valence-corrected chi connectivity index (χ1v) is 8.02. The molecule has 2 aromatic heterocycles. The Kier molecular flexibility index (Phi) is 4.60. The third kappa shape index (κ3) is 3.52. The lowest BCUT2D eigenvalue weighted by molar-refractivity contribution is 0.406. The Hall–Kier alpha value is -2.37. The second-order valence-corrected chi connectivity index (χ2v) is 5.98. The lowest BCUT2D eigenvalue weighted by atomic mass is 9.85.